The molecule has 0 radical (unpaired) electrons. The van der Waals surface area contributed by atoms with E-state index >= 15 is 0 Å². The molecule has 0 aliphatic heterocycles. The molecule has 0 amide bonds. The van der Waals surface area contributed by atoms with Crippen molar-refractivity contribution in [3.63, 3.8) is 0 Å². The third kappa shape index (κ3) is 2.31. The van der Waals surface area contributed by atoms with E-state index in [1.807, 2.05) is 0 Å². The summed E-state index contributed by atoms with van der Waals surface area (Å²) in [7, 11) is 1.47. The Morgan fingerprint density at radius 2 is 2.04 bits per heavy atom. The van der Waals surface area contributed by atoms with E-state index in [9.17, 15) is 13.6 Å². The van der Waals surface area contributed by atoms with Gasteiger partial charge in [0, 0.05) is 23.7 Å². The van der Waals surface area contributed by atoms with Crippen LogP contribution in [0.5, 0.6) is 0 Å². The molecule has 4 aromatic rings. The van der Waals surface area contributed by atoms with Crippen molar-refractivity contribution in [1.29, 1.82) is 0 Å². The van der Waals surface area contributed by atoms with Crippen LogP contribution in [0.15, 0.2) is 47.5 Å². The minimum absolute atomic E-state index is 0.0172. The van der Waals surface area contributed by atoms with Crippen LogP contribution in [0.4, 0.5) is 8.78 Å². The van der Waals surface area contributed by atoms with Crippen molar-refractivity contribution in [3.05, 3.63) is 63.9 Å². The molecule has 0 N–H and O–H groups in total. The van der Waals surface area contributed by atoms with Crippen molar-refractivity contribution >= 4 is 33.5 Å². The van der Waals surface area contributed by atoms with Crippen LogP contribution < -0.4 is 5.56 Å². The summed E-state index contributed by atoms with van der Waals surface area (Å²) in [5.41, 5.74) is 0.844. The van der Waals surface area contributed by atoms with Gasteiger partial charge in [0.15, 0.2) is 11.3 Å². The molecule has 126 valence electrons. The fraction of sp³-hybridized carbons (Fsp3) is 0.118. The summed E-state index contributed by atoms with van der Waals surface area (Å²) in [6.07, 6.45) is 0.314. The molecule has 0 spiro atoms. The summed E-state index contributed by atoms with van der Waals surface area (Å²) in [5, 5.41) is 1.03. The highest BCUT2D eigenvalue weighted by atomic mass is 35.5. The zero-order valence-electron chi connectivity index (χ0n) is 12.9. The Kier molecular flexibility index (Phi) is 3.54. The van der Waals surface area contributed by atoms with E-state index in [-0.39, 0.29) is 5.52 Å². The fourth-order valence-corrected chi connectivity index (χ4v) is 3.18. The first-order chi connectivity index (χ1) is 12.0. The number of alkyl halides is 2. The zero-order valence-corrected chi connectivity index (χ0v) is 13.7. The van der Waals surface area contributed by atoms with Crippen LogP contribution in [0.3, 0.4) is 0 Å². The summed E-state index contributed by atoms with van der Waals surface area (Å²) in [5.74, 6) is -0.452. The lowest BCUT2D eigenvalue weighted by Gasteiger charge is -2.12. The summed E-state index contributed by atoms with van der Waals surface area (Å²) in [6.45, 7) is 0. The number of benzene rings is 1. The number of rotatable bonds is 2. The third-order valence-corrected chi connectivity index (χ3v) is 4.33. The molecule has 0 saturated carbocycles. The Morgan fingerprint density at radius 3 is 2.72 bits per heavy atom. The second-order valence-corrected chi connectivity index (χ2v) is 5.98. The maximum Gasteiger partial charge on any atom is 0.295 e. The second-order valence-electron chi connectivity index (χ2n) is 5.54. The molecule has 0 saturated heterocycles. The van der Waals surface area contributed by atoms with E-state index in [0.29, 0.717) is 27.1 Å². The van der Waals surface area contributed by atoms with Gasteiger partial charge in [-0.15, -0.1) is 0 Å². The third-order valence-electron chi connectivity index (χ3n) is 4.09. The number of imidazole rings is 1. The highest BCUT2D eigenvalue weighted by Gasteiger charge is 2.22. The van der Waals surface area contributed by atoms with Gasteiger partial charge in [-0.3, -0.25) is 14.3 Å². The standard InChI is InChI=1S/C17H11ClF2N4O/c1-23-14-11-5-4-9(18)7-12(11)24(10-3-2-6-21-8-10)17(25)13(14)22-16(23)15(19)20/h2-8,15H,1H3. The lowest BCUT2D eigenvalue weighted by Crippen LogP contribution is -2.19. The Balaban J connectivity index is 2.27. The van der Waals surface area contributed by atoms with E-state index in [2.05, 4.69) is 9.97 Å². The molecule has 0 unspecified atom stereocenters. The molecule has 4 rings (SSSR count). The zero-order chi connectivity index (χ0) is 17.7. The fourth-order valence-electron chi connectivity index (χ4n) is 3.02. The van der Waals surface area contributed by atoms with E-state index in [1.165, 1.54) is 22.4 Å². The normalized spacial score (nSPS) is 11.7. The maximum atomic E-state index is 13.3. The molecule has 0 bridgehead atoms. The first-order valence-corrected chi connectivity index (χ1v) is 7.76. The van der Waals surface area contributed by atoms with E-state index in [4.69, 9.17) is 11.6 Å². The van der Waals surface area contributed by atoms with Gasteiger partial charge < -0.3 is 4.57 Å². The molecule has 5 nitrogen and oxygen atoms in total. The molecular weight excluding hydrogens is 350 g/mol. The number of pyridine rings is 2. The van der Waals surface area contributed by atoms with Crippen molar-refractivity contribution < 1.29 is 8.78 Å². The minimum Gasteiger partial charge on any atom is -0.326 e. The number of aromatic nitrogens is 4. The Morgan fingerprint density at radius 1 is 1.24 bits per heavy atom. The molecule has 0 atom stereocenters. The minimum atomic E-state index is -2.79. The monoisotopic (exact) mass is 360 g/mol. The average Bonchev–Trinajstić information content (AvgIpc) is 2.94. The Hall–Kier alpha value is -2.80. The van der Waals surface area contributed by atoms with Gasteiger partial charge in [0.25, 0.3) is 12.0 Å². The van der Waals surface area contributed by atoms with Crippen molar-refractivity contribution in [2.45, 2.75) is 6.43 Å². The summed E-state index contributed by atoms with van der Waals surface area (Å²) < 4.78 is 29.2. The highest BCUT2D eigenvalue weighted by molar-refractivity contribution is 6.31. The van der Waals surface area contributed by atoms with Crippen LogP contribution in [0.25, 0.3) is 27.6 Å². The van der Waals surface area contributed by atoms with Gasteiger partial charge in [-0.2, -0.15) is 0 Å². The number of nitrogens with zero attached hydrogens (tertiary/aromatic N) is 4. The molecule has 0 fully saturated rings. The maximum absolute atomic E-state index is 13.3. The molecule has 25 heavy (non-hydrogen) atoms. The number of fused-ring (bicyclic) bond motifs is 3. The number of aryl methyl sites for hydroxylation is 1. The number of hydrogen-bond acceptors (Lipinski definition) is 3. The van der Waals surface area contributed by atoms with E-state index in [0.717, 1.165) is 0 Å². The Labute approximate surface area is 145 Å². The van der Waals surface area contributed by atoms with Gasteiger partial charge in [0.1, 0.15) is 0 Å². The van der Waals surface area contributed by atoms with E-state index < -0.39 is 17.8 Å². The van der Waals surface area contributed by atoms with Crippen LogP contribution in [0.1, 0.15) is 12.2 Å². The summed E-state index contributed by atoms with van der Waals surface area (Å²) in [4.78, 5) is 20.9. The van der Waals surface area contributed by atoms with Crippen molar-refractivity contribution in [2.24, 2.45) is 7.05 Å². The Bertz CT molecular complexity index is 1170. The van der Waals surface area contributed by atoms with Crippen LogP contribution in [0.2, 0.25) is 5.02 Å². The SMILES string of the molecule is Cn1c(C(F)F)nc2c(=O)n(-c3cccnc3)c3cc(Cl)ccc3c21. The molecule has 0 aliphatic rings. The van der Waals surface area contributed by atoms with Gasteiger partial charge in [0.05, 0.1) is 22.9 Å². The predicted molar refractivity (Wildman–Crippen MR) is 91.6 cm³/mol. The molecular formula is C17H11ClF2N4O. The summed E-state index contributed by atoms with van der Waals surface area (Å²) in [6, 6.07) is 8.36. The van der Waals surface area contributed by atoms with Gasteiger partial charge in [-0.25, -0.2) is 13.8 Å². The van der Waals surface area contributed by atoms with Crippen molar-refractivity contribution in [2.75, 3.05) is 0 Å². The smallest absolute Gasteiger partial charge is 0.295 e. The largest absolute Gasteiger partial charge is 0.326 e. The van der Waals surface area contributed by atoms with Crippen molar-refractivity contribution in [3.8, 4) is 5.69 Å². The van der Waals surface area contributed by atoms with E-state index in [1.54, 1.807) is 36.5 Å². The average molecular weight is 361 g/mol. The molecule has 3 heterocycles. The molecule has 8 heteroatoms. The topological polar surface area (TPSA) is 52.7 Å². The van der Waals surface area contributed by atoms with Crippen LogP contribution >= 0.6 is 11.6 Å². The summed E-state index contributed by atoms with van der Waals surface area (Å²) >= 11 is 6.10. The first kappa shape index (κ1) is 15.7. The van der Waals surface area contributed by atoms with Crippen molar-refractivity contribution in [1.82, 2.24) is 19.1 Å². The predicted octanol–water partition coefficient (Wildman–Crippen LogP) is 3.86. The lowest BCUT2D eigenvalue weighted by molar-refractivity contribution is 0.137. The van der Waals surface area contributed by atoms with Crippen LogP contribution in [-0.4, -0.2) is 19.1 Å². The van der Waals surface area contributed by atoms with Gasteiger partial charge >= 0.3 is 0 Å². The quantitative estimate of drug-likeness (QED) is 0.545. The molecule has 1 aromatic carbocycles. The number of hydrogen-bond donors (Lipinski definition) is 0. The lowest BCUT2D eigenvalue weighted by atomic mass is 10.1. The van der Waals surface area contributed by atoms with Crippen LogP contribution in [0, 0.1) is 0 Å². The second kappa shape index (κ2) is 5.63. The van der Waals surface area contributed by atoms with Gasteiger partial charge in [-0.05, 0) is 30.3 Å². The van der Waals surface area contributed by atoms with Gasteiger partial charge in [-0.1, -0.05) is 11.6 Å². The number of halogens is 3. The molecule has 0 aliphatic carbocycles. The molecule has 3 aromatic heterocycles. The van der Waals surface area contributed by atoms with Gasteiger partial charge in [0.2, 0.25) is 0 Å². The highest BCUT2D eigenvalue weighted by Crippen LogP contribution is 2.29. The first-order valence-electron chi connectivity index (χ1n) is 7.38. The van der Waals surface area contributed by atoms with Crippen LogP contribution in [-0.2, 0) is 7.05 Å².